The summed E-state index contributed by atoms with van der Waals surface area (Å²) in [5.41, 5.74) is -4.20. The van der Waals surface area contributed by atoms with Crippen LogP contribution in [-0.2, 0) is 17.1 Å². The van der Waals surface area contributed by atoms with Crippen LogP contribution in [0.4, 0.5) is 26.3 Å². The predicted molar refractivity (Wildman–Crippen MR) is 101 cm³/mol. The lowest BCUT2D eigenvalue weighted by atomic mass is 10.0. The van der Waals surface area contributed by atoms with Crippen LogP contribution in [-0.4, -0.2) is 34.5 Å². The van der Waals surface area contributed by atoms with E-state index in [-0.39, 0.29) is 17.4 Å². The standard InChI is InChI=1S/C18H11BrF6N2O4/c19-11-1-2-13(31-7-14(28)29)12(6-11)16(30)27-15(26)8-3-9(17(20,21)22)5-10(4-8)18(23,24)25/h1-6H,7H2,(H,28,29)(H2,26,27,30)/p+1. The van der Waals surface area contributed by atoms with Gasteiger partial charge in [0.25, 0.3) is 0 Å². The van der Waals surface area contributed by atoms with Gasteiger partial charge in [0.2, 0.25) is 0 Å². The fourth-order valence-corrected chi connectivity index (χ4v) is 2.64. The quantitative estimate of drug-likeness (QED) is 0.267. The molecule has 0 heterocycles. The first-order valence-electron chi connectivity index (χ1n) is 8.01. The average Bonchev–Trinajstić information content (AvgIpc) is 2.65. The molecule has 0 atom stereocenters. The van der Waals surface area contributed by atoms with Crippen molar-refractivity contribution in [2.45, 2.75) is 12.4 Å². The molecular formula is C18H12BrF6N2O4+. The molecule has 0 spiro atoms. The van der Waals surface area contributed by atoms with Gasteiger partial charge in [-0.1, -0.05) is 15.9 Å². The molecule has 2 rings (SSSR count). The van der Waals surface area contributed by atoms with Crippen molar-refractivity contribution in [3.8, 4) is 5.75 Å². The van der Waals surface area contributed by atoms with Gasteiger partial charge in [-0.15, -0.1) is 4.99 Å². The normalized spacial score (nSPS) is 12.5. The Balaban J connectivity index is 2.51. The Labute approximate surface area is 178 Å². The van der Waals surface area contributed by atoms with Crippen LogP contribution in [0.25, 0.3) is 0 Å². The Morgan fingerprint density at radius 1 is 1.06 bits per heavy atom. The van der Waals surface area contributed by atoms with Crippen molar-refractivity contribution in [1.82, 2.24) is 0 Å². The number of nitrogens with zero attached hydrogens (tertiary/aromatic N) is 1. The molecule has 0 aliphatic heterocycles. The Hall–Kier alpha value is -3.09. The van der Waals surface area contributed by atoms with Crippen LogP contribution >= 0.6 is 15.9 Å². The summed E-state index contributed by atoms with van der Waals surface area (Å²) in [6.45, 7) is -0.776. The molecule has 13 heteroatoms. The minimum absolute atomic E-state index is 0.0890. The molecule has 4 N–H and O–H groups in total. The zero-order chi connectivity index (χ0) is 23.6. The summed E-state index contributed by atoms with van der Waals surface area (Å²) in [6, 6.07) is 4.54. The fraction of sp³-hybridized carbons (Fsp3) is 0.167. The summed E-state index contributed by atoms with van der Waals surface area (Å²) in [6.07, 6.45) is -10.2. The van der Waals surface area contributed by atoms with E-state index in [1.165, 1.54) is 18.2 Å². The second kappa shape index (κ2) is 8.96. The first-order valence-corrected chi connectivity index (χ1v) is 8.81. The number of nitrogens with one attached hydrogen (secondary N) is 1. The highest BCUT2D eigenvalue weighted by Gasteiger charge is 2.37. The minimum Gasteiger partial charge on any atom is -0.578 e. The van der Waals surface area contributed by atoms with Gasteiger partial charge in [-0.05, 0) is 36.4 Å². The van der Waals surface area contributed by atoms with E-state index in [2.05, 4.69) is 20.9 Å². The molecule has 0 aliphatic carbocycles. The second-order valence-electron chi connectivity index (χ2n) is 5.93. The molecule has 166 valence electrons. The van der Waals surface area contributed by atoms with Gasteiger partial charge in [0.15, 0.2) is 12.4 Å². The van der Waals surface area contributed by atoms with E-state index in [0.717, 1.165) is 0 Å². The molecule has 0 unspecified atom stereocenters. The Morgan fingerprint density at radius 3 is 2.10 bits per heavy atom. The molecule has 0 fully saturated rings. The van der Waals surface area contributed by atoms with Gasteiger partial charge < -0.3 is 14.9 Å². The van der Waals surface area contributed by atoms with E-state index in [0.29, 0.717) is 16.6 Å². The number of hydrogen-bond donors (Lipinski definition) is 2. The molecule has 0 amide bonds. The Morgan fingerprint density at radius 2 is 1.61 bits per heavy atom. The average molecular weight is 514 g/mol. The van der Waals surface area contributed by atoms with Gasteiger partial charge in [-0.25, -0.2) is 4.79 Å². The predicted octanol–water partition coefficient (Wildman–Crippen LogP) is 4.45. The van der Waals surface area contributed by atoms with Crippen LogP contribution in [0, 0.1) is 5.41 Å². The number of benzene rings is 2. The van der Waals surface area contributed by atoms with Crippen molar-refractivity contribution in [2.75, 3.05) is 6.61 Å². The third kappa shape index (κ3) is 6.44. The van der Waals surface area contributed by atoms with Crippen LogP contribution in [0.15, 0.2) is 45.9 Å². The molecule has 2 aromatic rings. The number of rotatable bonds is 5. The first-order chi connectivity index (χ1) is 14.2. The van der Waals surface area contributed by atoms with Crippen molar-refractivity contribution < 1.29 is 46.1 Å². The number of hydrogen-bond acceptors (Lipinski definition) is 3. The summed E-state index contributed by atoms with van der Waals surface area (Å²) in [5.74, 6) is -3.23. The molecule has 31 heavy (non-hydrogen) atoms. The third-order valence-electron chi connectivity index (χ3n) is 3.63. The van der Waals surface area contributed by atoms with Crippen LogP contribution in [0.5, 0.6) is 5.75 Å². The maximum Gasteiger partial charge on any atom is 0.416 e. The maximum atomic E-state index is 13.0. The van der Waals surface area contributed by atoms with E-state index in [9.17, 15) is 31.1 Å². The van der Waals surface area contributed by atoms with Crippen LogP contribution in [0.1, 0.15) is 22.3 Å². The topological polar surface area (TPSA) is 106 Å². The van der Waals surface area contributed by atoms with E-state index in [1.54, 1.807) is 0 Å². The summed E-state index contributed by atoms with van der Waals surface area (Å²) in [5, 5.41) is 24.5. The summed E-state index contributed by atoms with van der Waals surface area (Å²) >= 11 is 3.10. The van der Waals surface area contributed by atoms with Gasteiger partial charge >= 0.3 is 24.2 Å². The molecule has 0 aliphatic rings. The lowest BCUT2D eigenvalue weighted by Gasteiger charge is -2.13. The number of aliphatic imine (C=N–C) groups is 1. The number of amidine groups is 1. The van der Waals surface area contributed by atoms with Crippen molar-refractivity contribution in [3.05, 3.63) is 63.1 Å². The molecule has 2 aromatic carbocycles. The fourth-order valence-electron chi connectivity index (χ4n) is 2.28. The van der Waals surface area contributed by atoms with Crippen molar-refractivity contribution in [3.63, 3.8) is 0 Å². The monoisotopic (exact) mass is 513 g/mol. The van der Waals surface area contributed by atoms with Gasteiger partial charge in [0.05, 0.1) is 11.1 Å². The molecule has 0 radical (unpaired) electrons. The lowest BCUT2D eigenvalue weighted by molar-refractivity contribution is -0.143. The summed E-state index contributed by atoms with van der Waals surface area (Å²) in [4.78, 5) is 14.2. The Bertz CT molecular complexity index is 1020. The number of carbonyl (C=O) groups is 1. The number of alkyl halides is 6. The van der Waals surface area contributed by atoms with Crippen LogP contribution in [0.2, 0.25) is 0 Å². The largest absolute Gasteiger partial charge is 0.578 e. The number of carboxylic acids is 1. The highest BCUT2D eigenvalue weighted by molar-refractivity contribution is 9.10. The third-order valence-corrected chi connectivity index (χ3v) is 4.13. The van der Waals surface area contributed by atoms with E-state index >= 15 is 0 Å². The molecular weight excluding hydrogens is 502 g/mol. The van der Waals surface area contributed by atoms with Crippen molar-refractivity contribution >= 4 is 33.6 Å². The van der Waals surface area contributed by atoms with E-state index in [1.807, 2.05) is 0 Å². The summed E-state index contributed by atoms with van der Waals surface area (Å²) < 4.78 is 83.4. The van der Waals surface area contributed by atoms with E-state index < -0.39 is 53.4 Å². The maximum absolute atomic E-state index is 13.0. The highest BCUT2D eigenvalue weighted by Crippen LogP contribution is 2.36. The Kier molecular flexibility index (Phi) is 6.99. The summed E-state index contributed by atoms with van der Waals surface area (Å²) in [7, 11) is 0. The van der Waals surface area contributed by atoms with Crippen LogP contribution < -0.4 is 4.74 Å². The number of ether oxygens (including phenoxy) is 1. The van der Waals surface area contributed by atoms with E-state index in [4.69, 9.17) is 20.4 Å². The molecule has 0 aromatic heterocycles. The number of aliphatic carboxylic acids is 1. The SMILES string of the molecule is N=C(N=C([OH2+])c1cc(Br)ccc1OCC(=O)O)c1cc(C(F)(F)F)cc(C(F)(F)F)c1. The second-order valence-corrected chi connectivity index (χ2v) is 6.84. The molecule has 0 bridgehead atoms. The molecule has 0 saturated heterocycles. The number of halogens is 7. The molecule has 6 nitrogen and oxygen atoms in total. The smallest absolute Gasteiger partial charge is 0.416 e. The minimum atomic E-state index is -5.11. The van der Waals surface area contributed by atoms with Gasteiger partial charge in [-0.2, -0.15) is 26.3 Å². The molecule has 0 saturated carbocycles. The lowest BCUT2D eigenvalue weighted by Crippen LogP contribution is -2.14. The van der Waals surface area contributed by atoms with Gasteiger partial charge in [-0.3, -0.25) is 5.41 Å². The van der Waals surface area contributed by atoms with Gasteiger partial charge in [0, 0.05) is 10.0 Å². The number of carboxylic acid groups (broad SMARTS) is 1. The van der Waals surface area contributed by atoms with Crippen molar-refractivity contribution in [2.24, 2.45) is 4.99 Å². The van der Waals surface area contributed by atoms with Gasteiger partial charge in [0.1, 0.15) is 11.3 Å². The highest BCUT2D eigenvalue weighted by atomic mass is 79.9. The van der Waals surface area contributed by atoms with Crippen molar-refractivity contribution in [1.29, 1.82) is 5.41 Å². The zero-order valence-corrected chi connectivity index (χ0v) is 16.6. The zero-order valence-electron chi connectivity index (χ0n) is 15.0. The van der Waals surface area contributed by atoms with Crippen LogP contribution in [0.3, 0.4) is 0 Å². The first kappa shape index (κ1) is 24.2.